The van der Waals surface area contributed by atoms with Gasteiger partial charge < -0.3 is 10.6 Å². The van der Waals surface area contributed by atoms with E-state index in [0.29, 0.717) is 11.2 Å². The number of hydrogen-bond donors (Lipinski definition) is 2. The van der Waals surface area contributed by atoms with E-state index in [4.69, 9.17) is 0 Å². The highest BCUT2D eigenvalue weighted by Gasteiger charge is 2.22. The molecule has 0 atom stereocenters. The Labute approximate surface area is 167 Å². The summed E-state index contributed by atoms with van der Waals surface area (Å²) in [6, 6.07) is 18.0. The van der Waals surface area contributed by atoms with E-state index in [9.17, 15) is 4.79 Å². The minimum atomic E-state index is -0.0743. The molecule has 7 nitrogen and oxygen atoms in total. The van der Waals surface area contributed by atoms with Gasteiger partial charge in [0, 0.05) is 17.1 Å². The van der Waals surface area contributed by atoms with Crippen molar-refractivity contribution in [2.24, 2.45) is 0 Å². The van der Waals surface area contributed by atoms with Crippen LogP contribution in [-0.2, 0) is 4.79 Å². The van der Waals surface area contributed by atoms with E-state index in [1.807, 2.05) is 59.3 Å². The van der Waals surface area contributed by atoms with Crippen molar-refractivity contribution in [1.82, 2.24) is 20.2 Å². The number of nitrogens with one attached hydrogen (secondary N) is 2. The second-order valence-corrected chi connectivity index (χ2v) is 7.69. The van der Waals surface area contributed by atoms with E-state index in [1.54, 1.807) is 0 Å². The highest BCUT2D eigenvalue weighted by atomic mass is 32.2. The highest BCUT2D eigenvalue weighted by molar-refractivity contribution is 7.99. The van der Waals surface area contributed by atoms with Crippen molar-refractivity contribution in [2.75, 3.05) is 16.4 Å². The number of benzene rings is 2. The Morgan fingerprint density at radius 3 is 2.43 bits per heavy atom. The number of hydrogen-bond acceptors (Lipinski definition) is 6. The van der Waals surface area contributed by atoms with Crippen LogP contribution in [0.1, 0.15) is 31.7 Å². The Kier molecular flexibility index (Phi) is 5.86. The number of anilines is 3. The van der Waals surface area contributed by atoms with Crippen LogP contribution in [0.2, 0.25) is 0 Å². The first-order valence-corrected chi connectivity index (χ1v) is 10.4. The molecule has 0 bridgehead atoms. The molecule has 144 valence electrons. The van der Waals surface area contributed by atoms with Crippen molar-refractivity contribution < 1.29 is 4.79 Å². The number of para-hydroxylation sites is 1. The van der Waals surface area contributed by atoms with Crippen LogP contribution in [0.25, 0.3) is 0 Å². The van der Waals surface area contributed by atoms with Gasteiger partial charge in [-0.05, 0) is 59.7 Å². The molecule has 1 aromatic heterocycles. The molecule has 1 aliphatic carbocycles. The molecule has 0 saturated heterocycles. The van der Waals surface area contributed by atoms with Crippen LogP contribution in [0.3, 0.4) is 0 Å². The quantitative estimate of drug-likeness (QED) is 0.583. The first-order chi connectivity index (χ1) is 13.8. The second-order valence-electron chi connectivity index (χ2n) is 6.75. The van der Waals surface area contributed by atoms with Gasteiger partial charge in [0.25, 0.3) is 0 Å². The monoisotopic (exact) mass is 394 g/mol. The number of tetrazole rings is 1. The topological polar surface area (TPSA) is 84.7 Å². The van der Waals surface area contributed by atoms with Gasteiger partial charge in [-0.15, -0.1) is 5.10 Å². The Morgan fingerprint density at radius 2 is 1.68 bits per heavy atom. The molecule has 1 aliphatic rings. The molecule has 0 unspecified atom stereocenters. The normalized spacial score (nSPS) is 14.1. The summed E-state index contributed by atoms with van der Waals surface area (Å²) in [5.41, 5.74) is 2.75. The van der Waals surface area contributed by atoms with E-state index in [0.717, 1.165) is 29.9 Å². The summed E-state index contributed by atoms with van der Waals surface area (Å²) in [5, 5.41) is 18.9. The molecular formula is C20H22N6OS. The van der Waals surface area contributed by atoms with Crippen LogP contribution in [-0.4, -0.2) is 31.9 Å². The van der Waals surface area contributed by atoms with Gasteiger partial charge in [0.05, 0.1) is 11.8 Å². The van der Waals surface area contributed by atoms with Crippen molar-refractivity contribution in [3.63, 3.8) is 0 Å². The van der Waals surface area contributed by atoms with Crippen molar-refractivity contribution >= 4 is 34.7 Å². The molecule has 1 amide bonds. The van der Waals surface area contributed by atoms with E-state index in [1.165, 1.54) is 24.6 Å². The van der Waals surface area contributed by atoms with Gasteiger partial charge in [-0.3, -0.25) is 4.79 Å². The standard InChI is InChI=1S/C20H22N6OS/c27-19(14-28-20-23-24-25-26(20)18-8-4-5-9-18)22-17-12-10-16(11-13-17)21-15-6-2-1-3-7-15/h1-3,6-7,10-13,18,21H,4-5,8-9,14H2,(H,22,27). The van der Waals surface area contributed by atoms with Gasteiger partial charge in [0.2, 0.25) is 11.1 Å². The summed E-state index contributed by atoms with van der Waals surface area (Å²) in [7, 11) is 0. The lowest BCUT2D eigenvalue weighted by Gasteiger charge is -2.11. The third-order valence-corrected chi connectivity index (χ3v) is 5.63. The Bertz CT molecular complexity index is 906. The lowest BCUT2D eigenvalue weighted by Crippen LogP contribution is -2.15. The molecule has 3 aromatic rings. The summed E-state index contributed by atoms with van der Waals surface area (Å²) in [5.74, 6) is 0.201. The van der Waals surface area contributed by atoms with Crippen molar-refractivity contribution in [3.8, 4) is 0 Å². The van der Waals surface area contributed by atoms with Gasteiger partial charge in [0.1, 0.15) is 0 Å². The van der Waals surface area contributed by atoms with Crippen LogP contribution in [0.4, 0.5) is 17.1 Å². The van der Waals surface area contributed by atoms with E-state index >= 15 is 0 Å². The van der Waals surface area contributed by atoms with Crippen LogP contribution in [0.15, 0.2) is 59.8 Å². The van der Waals surface area contributed by atoms with Gasteiger partial charge >= 0.3 is 0 Å². The smallest absolute Gasteiger partial charge is 0.234 e. The molecule has 28 heavy (non-hydrogen) atoms. The van der Waals surface area contributed by atoms with E-state index < -0.39 is 0 Å². The SMILES string of the molecule is O=C(CSc1nnnn1C1CCCC1)Nc1ccc(Nc2ccccc2)cc1. The zero-order valence-electron chi connectivity index (χ0n) is 15.4. The third-order valence-electron chi connectivity index (χ3n) is 4.70. The van der Waals surface area contributed by atoms with E-state index in [-0.39, 0.29) is 11.7 Å². The fourth-order valence-corrected chi connectivity index (χ4v) is 4.06. The maximum atomic E-state index is 12.3. The zero-order valence-corrected chi connectivity index (χ0v) is 16.2. The average Bonchev–Trinajstić information content (AvgIpc) is 3.40. The molecule has 4 rings (SSSR count). The van der Waals surface area contributed by atoms with Crippen LogP contribution in [0.5, 0.6) is 0 Å². The Morgan fingerprint density at radius 1 is 1.00 bits per heavy atom. The molecule has 8 heteroatoms. The molecule has 2 N–H and O–H groups in total. The van der Waals surface area contributed by atoms with Gasteiger partial charge in [-0.2, -0.15) is 0 Å². The van der Waals surface area contributed by atoms with Gasteiger partial charge in [0.15, 0.2) is 0 Å². The summed E-state index contributed by atoms with van der Waals surface area (Å²) in [6.07, 6.45) is 4.64. The number of nitrogens with zero attached hydrogens (tertiary/aromatic N) is 4. The summed E-state index contributed by atoms with van der Waals surface area (Å²) in [6.45, 7) is 0. The fourth-order valence-electron chi connectivity index (χ4n) is 3.31. The van der Waals surface area contributed by atoms with E-state index in [2.05, 4.69) is 26.2 Å². The molecule has 1 fully saturated rings. The Hall–Kier alpha value is -2.87. The zero-order chi connectivity index (χ0) is 19.2. The lowest BCUT2D eigenvalue weighted by molar-refractivity contribution is -0.113. The maximum Gasteiger partial charge on any atom is 0.234 e. The minimum absolute atomic E-state index is 0.0743. The molecule has 0 aliphatic heterocycles. The van der Waals surface area contributed by atoms with Crippen molar-refractivity contribution in [1.29, 1.82) is 0 Å². The van der Waals surface area contributed by atoms with Crippen LogP contribution >= 0.6 is 11.8 Å². The maximum absolute atomic E-state index is 12.3. The predicted molar refractivity (Wildman–Crippen MR) is 111 cm³/mol. The van der Waals surface area contributed by atoms with Crippen LogP contribution in [0, 0.1) is 0 Å². The van der Waals surface area contributed by atoms with Gasteiger partial charge in [-0.1, -0.05) is 42.8 Å². The number of rotatable bonds is 7. The fraction of sp³-hybridized carbons (Fsp3) is 0.300. The lowest BCUT2D eigenvalue weighted by atomic mass is 10.2. The van der Waals surface area contributed by atoms with Crippen molar-refractivity contribution in [3.05, 3.63) is 54.6 Å². The first kappa shape index (κ1) is 18.5. The number of thioether (sulfide) groups is 1. The average molecular weight is 395 g/mol. The molecule has 1 saturated carbocycles. The van der Waals surface area contributed by atoms with Gasteiger partial charge in [-0.25, -0.2) is 4.68 Å². The number of amides is 1. The summed E-state index contributed by atoms with van der Waals surface area (Å²) < 4.78 is 1.87. The molecule has 0 radical (unpaired) electrons. The molecule has 2 aromatic carbocycles. The highest BCUT2D eigenvalue weighted by Crippen LogP contribution is 2.31. The second kappa shape index (κ2) is 8.88. The first-order valence-electron chi connectivity index (χ1n) is 9.40. The summed E-state index contributed by atoms with van der Waals surface area (Å²) >= 11 is 1.38. The minimum Gasteiger partial charge on any atom is -0.356 e. The molecule has 0 spiro atoms. The van der Waals surface area contributed by atoms with Crippen molar-refractivity contribution in [2.45, 2.75) is 36.9 Å². The Balaban J connectivity index is 1.29. The molecule has 1 heterocycles. The number of carbonyl (C=O) groups excluding carboxylic acids is 1. The molecular weight excluding hydrogens is 372 g/mol. The number of aromatic nitrogens is 4. The third kappa shape index (κ3) is 4.69. The largest absolute Gasteiger partial charge is 0.356 e. The predicted octanol–water partition coefficient (Wildman–Crippen LogP) is 4.26. The number of carbonyl (C=O) groups is 1. The van der Waals surface area contributed by atoms with Crippen LogP contribution < -0.4 is 10.6 Å². The summed E-state index contributed by atoms with van der Waals surface area (Å²) in [4.78, 5) is 12.3.